The summed E-state index contributed by atoms with van der Waals surface area (Å²) >= 11 is 0. The van der Waals surface area contributed by atoms with E-state index in [1.165, 1.54) is 6.21 Å². The van der Waals surface area contributed by atoms with Crippen molar-refractivity contribution in [3.05, 3.63) is 89.5 Å². The number of ether oxygens (including phenoxy) is 1. The number of benzene rings is 3. The fraction of sp³-hybridized carbons (Fsp3) is 0.231. The molecule has 0 saturated heterocycles. The highest BCUT2D eigenvalue weighted by molar-refractivity contribution is 7.92. The lowest BCUT2D eigenvalue weighted by atomic mass is 10.1. The molecule has 178 valence electrons. The maximum atomic E-state index is 13.5. The predicted molar refractivity (Wildman–Crippen MR) is 135 cm³/mol. The monoisotopic (exact) mass is 479 g/mol. The average molecular weight is 480 g/mol. The molecule has 0 aliphatic rings. The van der Waals surface area contributed by atoms with Crippen LogP contribution >= 0.6 is 0 Å². The van der Waals surface area contributed by atoms with E-state index in [0.29, 0.717) is 18.7 Å². The van der Waals surface area contributed by atoms with Gasteiger partial charge in [0.05, 0.1) is 23.4 Å². The molecule has 3 rings (SSSR count). The van der Waals surface area contributed by atoms with E-state index in [2.05, 4.69) is 10.5 Å². The minimum absolute atomic E-state index is 0.120. The molecule has 0 unspecified atom stereocenters. The Balaban J connectivity index is 1.82. The second-order valence-electron chi connectivity index (χ2n) is 7.60. The molecule has 34 heavy (non-hydrogen) atoms. The maximum Gasteiger partial charge on any atom is 0.264 e. The summed E-state index contributed by atoms with van der Waals surface area (Å²) in [5.74, 6) is 0.194. The van der Waals surface area contributed by atoms with Crippen LogP contribution in [-0.4, -0.2) is 33.7 Å². The van der Waals surface area contributed by atoms with E-state index in [9.17, 15) is 13.2 Å². The number of nitrogens with one attached hydrogen (secondary N) is 1. The topological polar surface area (TPSA) is 88.1 Å². The number of nitrogens with zero attached hydrogens (tertiary/aromatic N) is 2. The molecule has 0 saturated carbocycles. The van der Waals surface area contributed by atoms with Gasteiger partial charge in [-0.1, -0.05) is 42.8 Å². The number of hydrogen-bond acceptors (Lipinski definition) is 5. The van der Waals surface area contributed by atoms with Crippen LogP contribution in [0.1, 0.15) is 30.5 Å². The van der Waals surface area contributed by atoms with Gasteiger partial charge in [0.1, 0.15) is 12.3 Å². The Morgan fingerprint density at radius 2 is 1.68 bits per heavy atom. The molecule has 3 aromatic carbocycles. The minimum Gasteiger partial charge on any atom is -0.494 e. The summed E-state index contributed by atoms with van der Waals surface area (Å²) in [5.41, 5.74) is 5.44. The molecule has 0 aliphatic carbocycles. The van der Waals surface area contributed by atoms with E-state index in [1.54, 1.807) is 36.4 Å². The third-order valence-electron chi connectivity index (χ3n) is 5.13. The van der Waals surface area contributed by atoms with Crippen LogP contribution in [0, 0.1) is 6.92 Å². The Bertz CT molecular complexity index is 1240. The summed E-state index contributed by atoms with van der Waals surface area (Å²) in [5, 5.41) is 3.99. The highest BCUT2D eigenvalue weighted by Crippen LogP contribution is 2.27. The molecule has 0 bridgehead atoms. The maximum absolute atomic E-state index is 13.5. The van der Waals surface area contributed by atoms with E-state index in [0.717, 1.165) is 26.7 Å². The second kappa shape index (κ2) is 11.5. The van der Waals surface area contributed by atoms with Crippen molar-refractivity contribution in [2.75, 3.05) is 17.5 Å². The van der Waals surface area contributed by atoms with Crippen LogP contribution in [0.2, 0.25) is 0 Å². The van der Waals surface area contributed by atoms with Crippen LogP contribution in [0.15, 0.2) is 82.8 Å². The largest absolute Gasteiger partial charge is 0.494 e. The van der Waals surface area contributed by atoms with E-state index < -0.39 is 22.5 Å². The number of para-hydroxylation sites is 1. The van der Waals surface area contributed by atoms with Gasteiger partial charge in [-0.2, -0.15) is 5.10 Å². The van der Waals surface area contributed by atoms with E-state index in [4.69, 9.17) is 4.74 Å². The van der Waals surface area contributed by atoms with Crippen LogP contribution in [0.25, 0.3) is 0 Å². The summed E-state index contributed by atoms with van der Waals surface area (Å²) in [6, 6.07) is 21.0. The molecule has 0 radical (unpaired) electrons. The van der Waals surface area contributed by atoms with Crippen LogP contribution in [0.5, 0.6) is 5.75 Å². The van der Waals surface area contributed by atoms with Gasteiger partial charge < -0.3 is 4.74 Å². The Hall–Kier alpha value is -3.65. The van der Waals surface area contributed by atoms with Crippen molar-refractivity contribution in [2.45, 2.75) is 32.1 Å². The number of amides is 1. The van der Waals surface area contributed by atoms with Crippen molar-refractivity contribution in [3.8, 4) is 5.75 Å². The van der Waals surface area contributed by atoms with Gasteiger partial charge in [0.25, 0.3) is 15.9 Å². The molecule has 0 atom stereocenters. The summed E-state index contributed by atoms with van der Waals surface area (Å²) in [4.78, 5) is 12.9. The van der Waals surface area contributed by atoms with Crippen LogP contribution in [0.4, 0.5) is 5.69 Å². The first-order valence-electron chi connectivity index (χ1n) is 11.1. The zero-order valence-corrected chi connectivity index (χ0v) is 20.4. The lowest BCUT2D eigenvalue weighted by molar-refractivity contribution is -0.119. The Kier molecular flexibility index (Phi) is 8.43. The number of hydrazone groups is 1. The van der Waals surface area contributed by atoms with Crippen LogP contribution in [-0.2, 0) is 21.2 Å². The highest BCUT2D eigenvalue weighted by atomic mass is 32.2. The Labute approximate surface area is 201 Å². The lowest BCUT2D eigenvalue weighted by Crippen LogP contribution is -2.40. The van der Waals surface area contributed by atoms with E-state index >= 15 is 0 Å². The molecule has 7 nitrogen and oxygen atoms in total. The fourth-order valence-electron chi connectivity index (χ4n) is 3.35. The van der Waals surface area contributed by atoms with E-state index in [-0.39, 0.29) is 4.90 Å². The smallest absolute Gasteiger partial charge is 0.264 e. The highest BCUT2D eigenvalue weighted by Gasteiger charge is 2.28. The molecule has 0 aliphatic heterocycles. The van der Waals surface area contributed by atoms with Crippen molar-refractivity contribution < 1.29 is 17.9 Å². The molecule has 0 spiro atoms. The number of hydrogen-bond donors (Lipinski definition) is 1. The quantitative estimate of drug-likeness (QED) is 0.347. The molecular weight excluding hydrogens is 450 g/mol. The van der Waals surface area contributed by atoms with Crippen molar-refractivity contribution in [2.24, 2.45) is 5.10 Å². The Morgan fingerprint density at radius 1 is 1.00 bits per heavy atom. The lowest BCUT2D eigenvalue weighted by Gasteiger charge is -2.25. The van der Waals surface area contributed by atoms with Gasteiger partial charge in [-0.15, -0.1) is 0 Å². The third kappa shape index (κ3) is 6.23. The molecule has 0 aromatic heterocycles. The summed E-state index contributed by atoms with van der Waals surface area (Å²) in [6.45, 7) is 5.90. The summed E-state index contributed by atoms with van der Waals surface area (Å²) in [6.07, 6.45) is 2.11. The fourth-order valence-corrected chi connectivity index (χ4v) is 4.81. The molecule has 1 amide bonds. The number of aryl methyl sites for hydroxylation is 2. The zero-order valence-electron chi connectivity index (χ0n) is 19.6. The second-order valence-corrected chi connectivity index (χ2v) is 9.46. The van der Waals surface area contributed by atoms with Gasteiger partial charge in [-0.25, -0.2) is 13.8 Å². The molecule has 1 N–H and O–H groups in total. The molecule has 0 fully saturated rings. The average Bonchev–Trinajstić information content (AvgIpc) is 2.84. The molecule has 3 aromatic rings. The number of sulfonamides is 1. The first-order valence-corrected chi connectivity index (χ1v) is 12.5. The van der Waals surface area contributed by atoms with Gasteiger partial charge in [-0.05, 0) is 73.9 Å². The number of carbonyl (C=O) groups is 1. The zero-order chi connectivity index (χ0) is 24.6. The number of carbonyl (C=O) groups excluding carboxylic acids is 1. The molecular formula is C26H29N3O4S. The summed E-state index contributed by atoms with van der Waals surface area (Å²) in [7, 11) is -3.98. The van der Waals surface area contributed by atoms with Gasteiger partial charge in [0, 0.05) is 0 Å². The SMILES string of the molecule is CCOc1ccc(/C=N\NC(=O)CN(c2ccccc2CC)S(=O)(=O)c2ccc(C)cc2)cc1. The van der Waals surface area contributed by atoms with Crippen molar-refractivity contribution in [1.29, 1.82) is 0 Å². The van der Waals surface area contributed by atoms with E-state index in [1.807, 2.05) is 57.2 Å². The molecule has 8 heteroatoms. The van der Waals surface area contributed by atoms with Gasteiger partial charge >= 0.3 is 0 Å². The predicted octanol–water partition coefficient (Wildman–Crippen LogP) is 4.30. The van der Waals surface area contributed by atoms with Crippen LogP contribution in [0.3, 0.4) is 0 Å². The standard InChI is InChI=1S/C26H29N3O4S/c1-4-22-8-6-7-9-25(22)29(34(31,32)24-16-10-20(3)11-17-24)19-26(30)28-27-18-21-12-14-23(15-13-21)33-5-2/h6-18H,4-5,19H2,1-3H3,(H,28,30)/b27-18-. The first kappa shape index (κ1) is 25.0. The normalized spacial score (nSPS) is 11.4. The first-order chi connectivity index (χ1) is 16.3. The number of anilines is 1. The third-order valence-corrected chi connectivity index (χ3v) is 6.91. The number of rotatable bonds is 10. The summed E-state index contributed by atoms with van der Waals surface area (Å²) < 4.78 is 33.6. The Morgan fingerprint density at radius 3 is 2.32 bits per heavy atom. The van der Waals surface area contributed by atoms with Gasteiger partial charge in [0.15, 0.2) is 0 Å². The van der Waals surface area contributed by atoms with Gasteiger partial charge in [-0.3, -0.25) is 9.10 Å². The van der Waals surface area contributed by atoms with Crippen molar-refractivity contribution >= 4 is 27.8 Å². The van der Waals surface area contributed by atoms with Crippen LogP contribution < -0.4 is 14.5 Å². The van der Waals surface area contributed by atoms with Crippen molar-refractivity contribution in [1.82, 2.24) is 5.43 Å². The van der Waals surface area contributed by atoms with Crippen molar-refractivity contribution in [3.63, 3.8) is 0 Å². The minimum atomic E-state index is -3.98. The van der Waals surface area contributed by atoms with Gasteiger partial charge in [0.2, 0.25) is 0 Å². The molecule has 0 heterocycles.